The van der Waals surface area contributed by atoms with Gasteiger partial charge in [-0.25, -0.2) is 13.9 Å². The van der Waals surface area contributed by atoms with Gasteiger partial charge in [0.1, 0.15) is 6.04 Å². The minimum absolute atomic E-state index is 0.667. The van der Waals surface area contributed by atoms with Gasteiger partial charge < -0.3 is 5.11 Å². The Kier molecular flexibility index (Phi) is 5.64. The molecule has 0 bridgehead atoms. The number of hydrogen-bond donors (Lipinski definition) is 4. The Hall–Kier alpha value is -1.74. The summed E-state index contributed by atoms with van der Waals surface area (Å²) in [6.07, 6.45) is 1.34. The molecule has 0 spiro atoms. The van der Waals surface area contributed by atoms with Crippen LogP contribution in [0.3, 0.4) is 0 Å². The van der Waals surface area contributed by atoms with E-state index >= 15 is 0 Å². The zero-order valence-electron chi connectivity index (χ0n) is 9.85. The highest BCUT2D eigenvalue weighted by molar-refractivity contribution is 7.92. The predicted octanol–water partition coefficient (Wildman–Crippen LogP) is -0.557. The number of carbonyl (C=O) groups is 1. The van der Waals surface area contributed by atoms with Crippen LogP contribution in [0.1, 0.15) is 5.56 Å². The van der Waals surface area contributed by atoms with Crippen molar-refractivity contribution in [3.05, 3.63) is 41.3 Å². The van der Waals surface area contributed by atoms with E-state index in [0.717, 1.165) is 5.41 Å². The first-order valence-corrected chi connectivity index (χ1v) is 6.83. The summed E-state index contributed by atoms with van der Waals surface area (Å²) in [5.41, 5.74) is 1.93. The summed E-state index contributed by atoms with van der Waals surface area (Å²) >= 11 is 0. The van der Waals surface area contributed by atoms with E-state index in [9.17, 15) is 13.2 Å². The lowest BCUT2D eigenvalue weighted by Crippen LogP contribution is -2.47. The first-order chi connectivity index (χ1) is 8.98. The van der Waals surface area contributed by atoms with Crippen molar-refractivity contribution >= 4 is 22.0 Å². The van der Waals surface area contributed by atoms with Gasteiger partial charge in [0.05, 0.1) is 6.61 Å². The number of hydroxylamine groups is 1. The van der Waals surface area contributed by atoms with Gasteiger partial charge >= 0.3 is 0 Å². The molecule has 1 aromatic carbocycles. The number of aliphatic hydroxyl groups excluding tert-OH is 1. The van der Waals surface area contributed by atoms with Gasteiger partial charge in [-0.15, -0.1) is 0 Å². The van der Waals surface area contributed by atoms with Crippen LogP contribution in [0.5, 0.6) is 0 Å². The van der Waals surface area contributed by atoms with Crippen LogP contribution in [0.2, 0.25) is 0 Å². The zero-order chi connectivity index (χ0) is 14.3. The average Bonchev–Trinajstić information content (AvgIpc) is 2.43. The van der Waals surface area contributed by atoms with E-state index in [1.165, 1.54) is 11.6 Å². The lowest BCUT2D eigenvalue weighted by molar-refractivity contribution is -0.131. The normalized spacial score (nSPS) is 13.4. The van der Waals surface area contributed by atoms with Gasteiger partial charge in [-0.05, 0) is 11.6 Å². The van der Waals surface area contributed by atoms with Crippen LogP contribution in [0.4, 0.5) is 0 Å². The molecule has 7 nitrogen and oxygen atoms in total. The van der Waals surface area contributed by atoms with E-state index < -0.39 is 28.6 Å². The fraction of sp³-hybridized carbons (Fsp3) is 0.182. The third kappa shape index (κ3) is 5.18. The second-order valence-electron chi connectivity index (χ2n) is 3.59. The number of rotatable bonds is 6. The Morgan fingerprint density at radius 3 is 2.47 bits per heavy atom. The van der Waals surface area contributed by atoms with Crippen molar-refractivity contribution < 1.29 is 23.5 Å². The summed E-state index contributed by atoms with van der Waals surface area (Å²) in [7, 11) is -3.91. The molecule has 0 fully saturated rings. The standard InChI is InChI=1S/C11H14N2O5S/c14-8-10(11(15)12-16)13-19(17,18)7-6-9-4-2-1-3-5-9/h1-7,10,13-14,16H,8H2,(H,12,15)/t10-/m1/s1. The number of benzene rings is 1. The molecule has 0 radical (unpaired) electrons. The van der Waals surface area contributed by atoms with Crippen LogP contribution in [0.15, 0.2) is 35.7 Å². The minimum Gasteiger partial charge on any atom is -0.394 e. The molecule has 0 aliphatic heterocycles. The maximum Gasteiger partial charge on any atom is 0.263 e. The fourth-order valence-corrected chi connectivity index (χ4v) is 2.21. The molecular weight excluding hydrogens is 272 g/mol. The molecule has 0 saturated heterocycles. The number of amides is 1. The van der Waals surface area contributed by atoms with Crippen LogP contribution in [0.25, 0.3) is 6.08 Å². The van der Waals surface area contributed by atoms with Gasteiger partial charge in [0.2, 0.25) is 10.0 Å². The minimum atomic E-state index is -3.91. The monoisotopic (exact) mass is 286 g/mol. The van der Waals surface area contributed by atoms with E-state index in [2.05, 4.69) is 0 Å². The van der Waals surface area contributed by atoms with Gasteiger partial charge in [-0.2, -0.15) is 4.72 Å². The zero-order valence-corrected chi connectivity index (χ0v) is 10.7. The Morgan fingerprint density at radius 1 is 1.32 bits per heavy atom. The summed E-state index contributed by atoms with van der Waals surface area (Å²) in [4.78, 5) is 11.0. The van der Waals surface area contributed by atoms with Crippen molar-refractivity contribution in [1.82, 2.24) is 10.2 Å². The molecule has 0 saturated carbocycles. The third-order valence-electron chi connectivity index (χ3n) is 2.15. The maximum atomic E-state index is 11.6. The van der Waals surface area contributed by atoms with Crippen LogP contribution >= 0.6 is 0 Å². The second kappa shape index (κ2) is 7.00. The summed E-state index contributed by atoms with van der Waals surface area (Å²) in [5.74, 6) is -1.04. The predicted molar refractivity (Wildman–Crippen MR) is 68.3 cm³/mol. The lowest BCUT2D eigenvalue weighted by atomic mass is 10.2. The Balaban J connectivity index is 2.76. The molecule has 8 heteroatoms. The van der Waals surface area contributed by atoms with Crippen molar-refractivity contribution in [3.8, 4) is 0 Å². The van der Waals surface area contributed by atoms with E-state index in [4.69, 9.17) is 10.3 Å². The molecule has 19 heavy (non-hydrogen) atoms. The smallest absolute Gasteiger partial charge is 0.263 e. The molecule has 1 rings (SSSR count). The molecule has 0 unspecified atom stereocenters. The summed E-state index contributed by atoms with van der Waals surface area (Å²) in [6.45, 7) is -0.773. The van der Waals surface area contributed by atoms with Crippen LogP contribution in [-0.4, -0.2) is 37.3 Å². The third-order valence-corrected chi connectivity index (χ3v) is 3.26. The van der Waals surface area contributed by atoms with Crippen LogP contribution in [0, 0.1) is 0 Å². The largest absolute Gasteiger partial charge is 0.394 e. The highest BCUT2D eigenvalue weighted by atomic mass is 32.2. The number of sulfonamides is 1. The van der Waals surface area contributed by atoms with Gasteiger partial charge in [0.25, 0.3) is 5.91 Å². The van der Waals surface area contributed by atoms with E-state index in [-0.39, 0.29) is 0 Å². The fourth-order valence-electron chi connectivity index (χ4n) is 1.22. The first-order valence-electron chi connectivity index (χ1n) is 5.29. The van der Waals surface area contributed by atoms with Crippen molar-refractivity contribution in [1.29, 1.82) is 0 Å². The topological polar surface area (TPSA) is 116 Å². The molecule has 4 N–H and O–H groups in total. The molecule has 1 amide bonds. The number of nitrogens with one attached hydrogen (secondary N) is 2. The highest BCUT2D eigenvalue weighted by Gasteiger charge is 2.21. The van der Waals surface area contributed by atoms with Gasteiger partial charge in [0.15, 0.2) is 0 Å². The molecule has 104 valence electrons. The lowest BCUT2D eigenvalue weighted by Gasteiger charge is -2.12. The van der Waals surface area contributed by atoms with E-state index in [1.807, 2.05) is 4.72 Å². The van der Waals surface area contributed by atoms with E-state index in [1.54, 1.807) is 30.3 Å². The van der Waals surface area contributed by atoms with E-state index in [0.29, 0.717) is 5.56 Å². The quantitative estimate of drug-likeness (QED) is 0.413. The first kappa shape index (κ1) is 15.3. The molecule has 0 heterocycles. The van der Waals surface area contributed by atoms with Crippen LogP contribution in [-0.2, 0) is 14.8 Å². The van der Waals surface area contributed by atoms with Gasteiger partial charge in [0, 0.05) is 5.41 Å². The highest BCUT2D eigenvalue weighted by Crippen LogP contribution is 2.03. The molecule has 0 aliphatic carbocycles. The Morgan fingerprint density at radius 2 is 1.95 bits per heavy atom. The average molecular weight is 286 g/mol. The van der Waals surface area contributed by atoms with Crippen molar-refractivity contribution in [3.63, 3.8) is 0 Å². The molecule has 1 atom stereocenters. The second-order valence-corrected chi connectivity index (χ2v) is 5.19. The maximum absolute atomic E-state index is 11.6. The van der Waals surface area contributed by atoms with Crippen molar-refractivity contribution in [2.45, 2.75) is 6.04 Å². The van der Waals surface area contributed by atoms with Crippen LogP contribution < -0.4 is 10.2 Å². The summed E-state index contributed by atoms with van der Waals surface area (Å²) < 4.78 is 25.2. The molecule has 0 aromatic heterocycles. The SMILES string of the molecule is O=C(NO)[C@@H](CO)NS(=O)(=O)C=Cc1ccccc1. The van der Waals surface area contributed by atoms with Crippen molar-refractivity contribution in [2.24, 2.45) is 0 Å². The van der Waals surface area contributed by atoms with Gasteiger partial charge in [-0.1, -0.05) is 30.3 Å². The Bertz CT molecular complexity index is 541. The molecular formula is C11H14N2O5S. The number of carbonyl (C=O) groups excluding carboxylic acids is 1. The van der Waals surface area contributed by atoms with Gasteiger partial charge in [-0.3, -0.25) is 10.0 Å². The summed E-state index contributed by atoms with van der Waals surface area (Å²) in [6, 6.07) is 7.24. The number of hydrogen-bond acceptors (Lipinski definition) is 5. The summed E-state index contributed by atoms with van der Waals surface area (Å²) in [5, 5.41) is 18.1. The molecule has 0 aliphatic rings. The van der Waals surface area contributed by atoms with Crippen molar-refractivity contribution in [2.75, 3.05) is 6.61 Å². The molecule has 1 aromatic rings. The Labute approximate surface area is 110 Å². The number of aliphatic hydroxyl groups is 1.